The number of benzene rings is 1. The molecule has 180 valence electrons. The van der Waals surface area contributed by atoms with Crippen molar-refractivity contribution in [2.45, 2.75) is 33.4 Å². The van der Waals surface area contributed by atoms with Gasteiger partial charge in [-0.2, -0.15) is 0 Å². The van der Waals surface area contributed by atoms with Crippen molar-refractivity contribution < 1.29 is 4.79 Å². The molecular formula is C26H25N9O. The maximum absolute atomic E-state index is 13.4. The zero-order valence-electron chi connectivity index (χ0n) is 20.3. The van der Waals surface area contributed by atoms with Crippen molar-refractivity contribution in [2.75, 3.05) is 4.90 Å². The van der Waals surface area contributed by atoms with Crippen molar-refractivity contribution in [3.8, 4) is 11.5 Å². The van der Waals surface area contributed by atoms with E-state index >= 15 is 0 Å². The molecule has 0 aliphatic carbocycles. The maximum atomic E-state index is 13.4. The third kappa shape index (κ3) is 4.24. The fraction of sp³-hybridized carbons (Fsp3) is 0.192. The van der Waals surface area contributed by atoms with Gasteiger partial charge in [-0.05, 0) is 66.1 Å². The minimum Gasteiger partial charge on any atom is -0.310 e. The van der Waals surface area contributed by atoms with Crippen LogP contribution in [0.1, 0.15) is 54.1 Å². The first-order valence-electron chi connectivity index (χ1n) is 11.5. The average molecular weight is 480 g/mol. The molecule has 0 saturated heterocycles. The fourth-order valence-electron chi connectivity index (χ4n) is 4.07. The second-order valence-electron chi connectivity index (χ2n) is 8.73. The summed E-state index contributed by atoms with van der Waals surface area (Å²) >= 11 is 0. The van der Waals surface area contributed by atoms with Crippen LogP contribution >= 0.6 is 0 Å². The summed E-state index contributed by atoms with van der Waals surface area (Å²) in [5.74, 6) is 1.71. The minimum atomic E-state index is -0.0790. The van der Waals surface area contributed by atoms with Crippen molar-refractivity contribution in [3.05, 3.63) is 90.0 Å². The van der Waals surface area contributed by atoms with E-state index in [0.29, 0.717) is 35.3 Å². The lowest BCUT2D eigenvalue weighted by Gasteiger charge is -2.16. The van der Waals surface area contributed by atoms with Crippen LogP contribution in [0.25, 0.3) is 22.7 Å². The summed E-state index contributed by atoms with van der Waals surface area (Å²) < 4.78 is 1.96. The van der Waals surface area contributed by atoms with Crippen LogP contribution in [0.4, 0.5) is 5.82 Å². The van der Waals surface area contributed by atoms with Crippen LogP contribution in [0.2, 0.25) is 0 Å². The van der Waals surface area contributed by atoms with Crippen LogP contribution in [-0.2, 0) is 6.54 Å². The Hall–Kier alpha value is -4.73. The fourth-order valence-corrected chi connectivity index (χ4v) is 4.07. The molecule has 10 nitrogen and oxygen atoms in total. The number of amides is 1. The highest BCUT2D eigenvalue weighted by atomic mass is 16.2. The average Bonchev–Trinajstić information content (AvgIpc) is 3.65. The van der Waals surface area contributed by atoms with Gasteiger partial charge in [-0.3, -0.25) is 9.69 Å². The summed E-state index contributed by atoms with van der Waals surface area (Å²) in [7, 11) is 0. The van der Waals surface area contributed by atoms with Gasteiger partial charge in [-0.15, -0.1) is 15.3 Å². The lowest BCUT2D eigenvalue weighted by molar-refractivity contribution is 0.0996. The molecule has 0 saturated carbocycles. The van der Waals surface area contributed by atoms with Gasteiger partial charge < -0.3 is 4.57 Å². The second-order valence-corrected chi connectivity index (χ2v) is 8.73. The Morgan fingerprint density at radius 3 is 2.78 bits per heavy atom. The van der Waals surface area contributed by atoms with Crippen LogP contribution in [0.5, 0.6) is 0 Å². The van der Waals surface area contributed by atoms with E-state index in [0.717, 1.165) is 22.3 Å². The molecule has 5 rings (SSSR count). The molecule has 36 heavy (non-hydrogen) atoms. The number of anilines is 1. The number of hydrogen-bond donors (Lipinski definition) is 1. The Kier molecular flexibility index (Phi) is 6.07. The van der Waals surface area contributed by atoms with E-state index in [1.54, 1.807) is 17.3 Å². The summed E-state index contributed by atoms with van der Waals surface area (Å²) in [6.45, 7) is 10.4. The maximum Gasteiger partial charge on any atom is 0.260 e. The lowest BCUT2D eigenvalue weighted by atomic mass is 10.0. The Bertz CT molecular complexity index is 1500. The van der Waals surface area contributed by atoms with Gasteiger partial charge in [0.15, 0.2) is 11.6 Å². The van der Waals surface area contributed by atoms with E-state index in [9.17, 15) is 4.79 Å². The van der Waals surface area contributed by atoms with Gasteiger partial charge in [0.2, 0.25) is 0 Å². The second kappa shape index (κ2) is 9.49. The predicted molar refractivity (Wildman–Crippen MR) is 137 cm³/mol. The molecule has 0 spiro atoms. The van der Waals surface area contributed by atoms with Gasteiger partial charge in [0.1, 0.15) is 17.8 Å². The molecule has 1 amide bonds. The first-order chi connectivity index (χ1) is 17.5. The Labute approximate surface area is 208 Å². The molecule has 0 unspecified atom stereocenters. The monoisotopic (exact) mass is 479 g/mol. The molecule has 10 heteroatoms. The van der Waals surface area contributed by atoms with Crippen LogP contribution in [0.15, 0.2) is 67.5 Å². The van der Waals surface area contributed by atoms with Crippen molar-refractivity contribution in [3.63, 3.8) is 0 Å². The van der Waals surface area contributed by atoms with Gasteiger partial charge in [0, 0.05) is 17.2 Å². The van der Waals surface area contributed by atoms with E-state index in [4.69, 9.17) is 4.98 Å². The molecule has 1 aliphatic rings. The lowest BCUT2D eigenvalue weighted by Crippen LogP contribution is -2.24. The van der Waals surface area contributed by atoms with Gasteiger partial charge in [-0.25, -0.2) is 10.1 Å². The summed E-state index contributed by atoms with van der Waals surface area (Å²) in [4.78, 5) is 19.8. The minimum absolute atomic E-state index is 0.0790. The molecule has 3 aromatic heterocycles. The number of aromatic nitrogens is 8. The highest BCUT2D eigenvalue weighted by molar-refractivity contribution is 6.10. The zero-order chi connectivity index (χ0) is 25.2. The normalized spacial score (nSPS) is 14.0. The molecule has 0 fully saturated rings. The highest BCUT2D eigenvalue weighted by Gasteiger charge is 2.30. The number of carbonyl (C=O) groups excluding carboxylic acids is 1. The van der Waals surface area contributed by atoms with Crippen LogP contribution in [0, 0.1) is 0 Å². The predicted octanol–water partition coefficient (Wildman–Crippen LogP) is 4.27. The first kappa shape index (κ1) is 23.0. The smallest absolute Gasteiger partial charge is 0.260 e. The highest BCUT2D eigenvalue weighted by Crippen LogP contribution is 2.31. The standard InChI is InChI=1S/C26H25N9O/c1-5-18(24-29-32-33-30-24)10-9-17(4)19-11-12-20-14-34(26(36)21(20)13-19)23-8-6-7-22(28-23)25-31-27-15-35(25)16(2)3/h5-13,15-16H,1,14H2,2-4H3,(H,29,30,32,33)/b17-9+,18-10+. The number of allylic oxidation sites excluding steroid dienone is 5. The van der Waals surface area contributed by atoms with Crippen LogP contribution in [-0.4, -0.2) is 46.3 Å². The van der Waals surface area contributed by atoms with Crippen molar-refractivity contribution in [1.82, 2.24) is 40.4 Å². The Morgan fingerprint density at radius 1 is 1.17 bits per heavy atom. The number of H-pyrrole nitrogens is 1. The number of tetrazole rings is 1. The number of aromatic amines is 1. The van der Waals surface area contributed by atoms with E-state index in [1.165, 1.54) is 0 Å². The van der Waals surface area contributed by atoms with Crippen molar-refractivity contribution in [1.29, 1.82) is 0 Å². The van der Waals surface area contributed by atoms with Crippen LogP contribution < -0.4 is 4.90 Å². The molecule has 0 bridgehead atoms. The zero-order valence-corrected chi connectivity index (χ0v) is 20.3. The van der Waals surface area contributed by atoms with Gasteiger partial charge in [-0.1, -0.05) is 43.0 Å². The van der Waals surface area contributed by atoms with Gasteiger partial charge in [0.05, 0.1) is 6.54 Å². The number of hydrogen-bond acceptors (Lipinski definition) is 7. The largest absolute Gasteiger partial charge is 0.310 e. The molecule has 0 atom stereocenters. The topological polar surface area (TPSA) is 118 Å². The summed E-state index contributed by atoms with van der Waals surface area (Å²) in [5.41, 5.74) is 5.01. The molecule has 1 aromatic carbocycles. The molecule has 0 radical (unpaired) electrons. The van der Waals surface area contributed by atoms with Crippen molar-refractivity contribution >= 4 is 22.9 Å². The number of fused-ring (bicyclic) bond motifs is 1. The van der Waals surface area contributed by atoms with Gasteiger partial charge in [0.25, 0.3) is 5.91 Å². The third-order valence-corrected chi connectivity index (χ3v) is 6.09. The van der Waals surface area contributed by atoms with E-state index in [2.05, 4.69) is 51.2 Å². The molecule has 4 aromatic rings. The summed E-state index contributed by atoms with van der Waals surface area (Å²) in [5, 5.41) is 22.1. The number of nitrogens with zero attached hydrogens (tertiary/aromatic N) is 8. The molecule has 4 heterocycles. The van der Waals surface area contributed by atoms with E-state index in [-0.39, 0.29) is 11.9 Å². The first-order valence-corrected chi connectivity index (χ1v) is 11.5. The summed E-state index contributed by atoms with van der Waals surface area (Å²) in [6.07, 6.45) is 7.21. The number of nitrogens with one attached hydrogen (secondary N) is 1. The number of pyridine rings is 1. The third-order valence-electron chi connectivity index (χ3n) is 6.09. The number of carbonyl (C=O) groups is 1. The van der Waals surface area contributed by atoms with Gasteiger partial charge >= 0.3 is 0 Å². The van der Waals surface area contributed by atoms with E-state index in [1.807, 2.05) is 60.0 Å². The number of rotatable bonds is 7. The Balaban J connectivity index is 1.41. The van der Waals surface area contributed by atoms with E-state index < -0.39 is 0 Å². The summed E-state index contributed by atoms with van der Waals surface area (Å²) in [6, 6.07) is 11.8. The SMILES string of the molecule is C=C/C(=C\C=C(/C)c1ccc2c(c1)C(=O)N(c1cccc(-c3nncn3C(C)C)n1)C2)c1nnn[nH]1. The molecule has 1 N–H and O–H groups in total. The van der Waals surface area contributed by atoms with Crippen molar-refractivity contribution in [2.24, 2.45) is 0 Å². The molecular weight excluding hydrogens is 454 g/mol. The molecule has 1 aliphatic heterocycles. The Morgan fingerprint density at radius 2 is 2.03 bits per heavy atom. The quantitative estimate of drug-likeness (QED) is 0.393. The van der Waals surface area contributed by atoms with Crippen LogP contribution in [0.3, 0.4) is 0 Å².